The lowest BCUT2D eigenvalue weighted by Gasteiger charge is -2.11. The van der Waals surface area contributed by atoms with Crippen LogP contribution < -0.4 is 5.32 Å². The second-order valence-corrected chi connectivity index (χ2v) is 7.21. The Bertz CT molecular complexity index is 1480. The molecule has 0 saturated carbocycles. The topological polar surface area (TPSA) is 128 Å². The molecule has 0 aliphatic carbocycles. The van der Waals surface area contributed by atoms with Gasteiger partial charge in [0.2, 0.25) is 0 Å². The highest BCUT2D eigenvalue weighted by molar-refractivity contribution is 5.95. The number of aromatic amines is 1. The lowest BCUT2D eigenvalue weighted by atomic mass is 10.1. The van der Waals surface area contributed by atoms with E-state index in [-0.39, 0.29) is 17.0 Å². The van der Waals surface area contributed by atoms with E-state index in [1.165, 1.54) is 23.0 Å². The number of benzene rings is 1. The second kappa shape index (κ2) is 7.65. The van der Waals surface area contributed by atoms with Gasteiger partial charge in [-0.1, -0.05) is 12.1 Å². The highest BCUT2D eigenvalue weighted by Crippen LogP contribution is 2.27. The first-order valence-electron chi connectivity index (χ1n) is 9.76. The number of phenolic OH excluding ortho intramolecular Hbond substituents is 1. The highest BCUT2D eigenvalue weighted by atomic mass is 19.1. The Balaban J connectivity index is 1.49. The number of nitrogens with zero attached hydrogens (tertiary/aromatic N) is 4. The molecule has 5 aromatic rings. The second-order valence-electron chi connectivity index (χ2n) is 7.21. The lowest BCUT2D eigenvalue weighted by Crippen LogP contribution is -2.10. The number of halogens is 1. The van der Waals surface area contributed by atoms with Gasteiger partial charge < -0.3 is 20.5 Å². The van der Waals surface area contributed by atoms with E-state index in [9.17, 15) is 19.4 Å². The van der Waals surface area contributed by atoms with Gasteiger partial charge in [0.05, 0.1) is 23.6 Å². The Morgan fingerprint density at radius 1 is 1.22 bits per heavy atom. The number of H-pyrrole nitrogens is 1. The van der Waals surface area contributed by atoms with E-state index in [4.69, 9.17) is 0 Å². The monoisotopic (exact) mass is 432 g/mol. The molecule has 0 aliphatic rings. The van der Waals surface area contributed by atoms with Crippen LogP contribution in [0.4, 0.5) is 10.2 Å². The molecule has 0 aliphatic heterocycles. The molecule has 160 valence electrons. The van der Waals surface area contributed by atoms with E-state index in [0.717, 1.165) is 17.1 Å². The van der Waals surface area contributed by atoms with Gasteiger partial charge in [0, 0.05) is 36.0 Å². The molecular weight excluding hydrogens is 415 g/mol. The van der Waals surface area contributed by atoms with Crippen molar-refractivity contribution in [2.45, 2.75) is 6.42 Å². The van der Waals surface area contributed by atoms with Gasteiger partial charge in [-0.15, -0.1) is 0 Å². The molecule has 0 amide bonds. The Morgan fingerprint density at radius 2 is 2.09 bits per heavy atom. The third-order valence-electron chi connectivity index (χ3n) is 5.18. The minimum Gasteiger partial charge on any atom is -0.506 e. The summed E-state index contributed by atoms with van der Waals surface area (Å²) < 4.78 is 15.1. The number of fused-ring (bicyclic) bond motifs is 2. The molecule has 0 bridgehead atoms. The molecule has 5 rings (SSSR count). The van der Waals surface area contributed by atoms with Gasteiger partial charge in [-0.2, -0.15) is 9.61 Å². The quantitative estimate of drug-likeness (QED) is 0.323. The summed E-state index contributed by atoms with van der Waals surface area (Å²) in [5.41, 5.74) is 2.54. The average Bonchev–Trinajstić information content (AvgIpc) is 3.39. The van der Waals surface area contributed by atoms with Crippen molar-refractivity contribution in [2.75, 3.05) is 11.9 Å². The fraction of sp³-hybridized carbons (Fsp3) is 0.0909. The SMILES string of the molecule is O=C(O)c1cnn2c(NCCc3c[nH]c4c(O)cccc34)cc(-c3cncc(F)c3)nc12. The first kappa shape index (κ1) is 19.5. The number of rotatable bonds is 6. The fourth-order valence-corrected chi connectivity index (χ4v) is 3.67. The normalized spacial score (nSPS) is 11.3. The van der Waals surface area contributed by atoms with Crippen LogP contribution in [0.5, 0.6) is 5.75 Å². The molecule has 0 saturated heterocycles. The van der Waals surface area contributed by atoms with Crippen LogP contribution in [0, 0.1) is 5.82 Å². The summed E-state index contributed by atoms with van der Waals surface area (Å²) in [6.45, 7) is 0.491. The molecule has 4 N–H and O–H groups in total. The van der Waals surface area contributed by atoms with E-state index >= 15 is 0 Å². The Kier molecular flexibility index (Phi) is 4.66. The van der Waals surface area contributed by atoms with Gasteiger partial charge >= 0.3 is 5.97 Å². The Labute approximate surface area is 180 Å². The van der Waals surface area contributed by atoms with Crippen molar-refractivity contribution >= 4 is 28.3 Å². The van der Waals surface area contributed by atoms with E-state index in [1.807, 2.05) is 12.3 Å². The molecule has 0 fully saturated rings. The van der Waals surface area contributed by atoms with Gasteiger partial charge in [-0.25, -0.2) is 14.2 Å². The van der Waals surface area contributed by atoms with Gasteiger partial charge in [-0.3, -0.25) is 4.98 Å². The summed E-state index contributed by atoms with van der Waals surface area (Å²) >= 11 is 0. The van der Waals surface area contributed by atoms with Crippen LogP contribution in [-0.4, -0.2) is 47.3 Å². The summed E-state index contributed by atoms with van der Waals surface area (Å²) in [7, 11) is 0. The molecule has 10 heteroatoms. The maximum absolute atomic E-state index is 13.7. The molecule has 32 heavy (non-hydrogen) atoms. The van der Waals surface area contributed by atoms with E-state index in [0.29, 0.717) is 35.6 Å². The number of hydrogen-bond acceptors (Lipinski definition) is 6. The van der Waals surface area contributed by atoms with Crippen LogP contribution in [0.3, 0.4) is 0 Å². The number of phenols is 1. The third-order valence-corrected chi connectivity index (χ3v) is 5.18. The fourth-order valence-electron chi connectivity index (χ4n) is 3.67. The van der Waals surface area contributed by atoms with Gasteiger partial charge in [0.15, 0.2) is 5.65 Å². The number of aromatic carboxylic acids is 1. The minimum absolute atomic E-state index is 0.0635. The van der Waals surface area contributed by atoms with Crippen molar-refractivity contribution in [3.8, 4) is 17.0 Å². The van der Waals surface area contributed by atoms with Crippen LogP contribution in [0.25, 0.3) is 27.8 Å². The third kappa shape index (κ3) is 3.37. The first-order chi connectivity index (χ1) is 15.5. The number of carbonyl (C=O) groups is 1. The number of nitrogens with one attached hydrogen (secondary N) is 2. The molecular formula is C22H17FN6O3. The molecule has 4 heterocycles. The number of hydrogen-bond donors (Lipinski definition) is 4. The molecule has 0 radical (unpaired) electrons. The highest BCUT2D eigenvalue weighted by Gasteiger charge is 2.17. The first-order valence-corrected chi connectivity index (χ1v) is 9.76. The molecule has 4 aromatic heterocycles. The predicted molar refractivity (Wildman–Crippen MR) is 115 cm³/mol. The Morgan fingerprint density at radius 3 is 2.91 bits per heavy atom. The van der Waals surface area contributed by atoms with E-state index < -0.39 is 11.8 Å². The number of pyridine rings is 1. The molecule has 9 nitrogen and oxygen atoms in total. The zero-order valence-electron chi connectivity index (χ0n) is 16.6. The molecule has 0 unspecified atom stereocenters. The predicted octanol–water partition coefficient (Wildman–Crippen LogP) is 3.47. The summed E-state index contributed by atoms with van der Waals surface area (Å²) in [6, 6.07) is 8.28. The van der Waals surface area contributed by atoms with Crippen molar-refractivity contribution in [3.63, 3.8) is 0 Å². The van der Waals surface area contributed by atoms with Crippen molar-refractivity contribution in [1.29, 1.82) is 0 Å². The number of carboxylic acid groups (broad SMARTS) is 1. The zero-order chi connectivity index (χ0) is 22.2. The van der Waals surface area contributed by atoms with Gasteiger partial charge in [0.25, 0.3) is 0 Å². The minimum atomic E-state index is -1.16. The van der Waals surface area contributed by atoms with E-state index in [1.54, 1.807) is 18.2 Å². The van der Waals surface area contributed by atoms with Crippen LogP contribution in [0.15, 0.2) is 55.1 Å². The maximum atomic E-state index is 13.7. The number of aromatic nitrogens is 5. The Hall–Kier alpha value is -4.47. The average molecular weight is 432 g/mol. The number of anilines is 1. The summed E-state index contributed by atoms with van der Waals surface area (Å²) in [4.78, 5) is 22.9. The van der Waals surface area contributed by atoms with E-state index in [2.05, 4.69) is 25.4 Å². The largest absolute Gasteiger partial charge is 0.506 e. The van der Waals surface area contributed by atoms with Crippen molar-refractivity contribution in [1.82, 2.24) is 24.6 Å². The van der Waals surface area contributed by atoms with Crippen LogP contribution in [0.2, 0.25) is 0 Å². The van der Waals surface area contributed by atoms with Crippen molar-refractivity contribution in [2.24, 2.45) is 0 Å². The summed E-state index contributed by atoms with van der Waals surface area (Å²) in [5, 5.41) is 27.8. The van der Waals surface area contributed by atoms with Crippen LogP contribution >= 0.6 is 0 Å². The van der Waals surface area contributed by atoms with Crippen molar-refractivity contribution in [3.05, 3.63) is 72.1 Å². The standard InChI is InChI=1S/C22H17FN6O3/c23-14-6-13(8-24-10-14)17-7-19(29-21(28-17)16(11-27-29)22(31)32)25-5-4-12-9-26-20-15(12)2-1-3-18(20)30/h1-3,6-11,25-26,30H,4-5H2,(H,31,32). The van der Waals surface area contributed by atoms with Gasteiger partial charge in [-0.05, 0) is 24.1 Å². The van der Waals surface area contributed by atoms with Crippen LogP contribution in [-0.2, 0) is 6.42 Å². The number of carboxylic acids is 1. The van der Waals surface area contributed by atoms with Gasteiger partial charge in [0.1, 0.15) is 22.9 Å². The number of aromatic hydroxyl groups is 1. The molecule has 0 atom stereocenters. The lowest BCUT2D eigenvalue weighted by molar-refractivity contribution is 0.0698. The molecule has 1 aromatic carbocycles. The summed E-state index contributed by atoms with van der Waals surface area (Å²) in [6.07, 6.45) is 6.24. The van der Waals surface area contributed by atoms with Crippen LogP contribution in [0.1, 0.15) is 15.9 Å². The summed E-state index contributed by atoms with van der Waals surface area (Å²) in [5.74, 6) is -0.993. The zero-order valence-corrected chi connectivity index (χ0v) is 16.6. The van der Waals surface area contributed by atoms with Crippen molar-refractivity contribution < 1.29 is 19.4 Å². The number of para-hydroxylation sites is 1. The smallest absolute Gasteiger partial charge is 0.341 e. The maximum Gasteiger partial charge on any atom is 0.341 e. The molecule has 0 spiro atoms.